The minimum absolute atomic E-state index is 0.0405. The van der Waals surface area contributed by atoms with Gasteiger partial charge in [-0.15, -0.1) is 0 Å². The first-order valence-corrected chi connectivity index (χ1v) is 10.5. The van der Waals surface area contributed by atoms with Gasteiger partial charge < -0.3 is 19.5 Å². The Morgan fingerprint density at radius 2 is 1.77 bits per heavy atom. The molecule has 2 aromatic rings. The van der Waals surface area contributed by atoms with Gasteiger partial charge in [0.2, 0.25) is 5.91 Å². The maximum atomic E-state index is 13.2. The number of rotatable bonds is 8. The zero-order chi connectivity index (χ0) is 21.1. The number of hydrazine groups is 1. The van der Waals surface area contributed by atoms with Crippen LogP contribution in [0.1, 0.15) is 36.6 Å². The molecule has 0 bridgehead atoms. The van der Waals surface area contributed by atoms with Crippen LogP contribution in [0.2, 0.25) is 0 Å². The molecule has 4 rings (SSSR count). The number of phenols is 1. The fourth-order valence-corrected chi connectivity index (χ4v) is 4.54. The van der Waals surface area contributed by atoms with Gasteiger partial charge in [0.1, 0.15) is 17.5 Å². The Bertz CT molecular complexity index is 873. The minimum atomic E-state index is -0.368. The third-order valence-electron chi connectivity index (χ3n) is 5.92. The maximum Gasteiger partial charge on any atom is 0.242 e. The topological polar surface area (TPSA) is 83.1 Å². The fraction of sp³-hybridized carbons (Fsp3) is 0.435. The number of ether oxygens (including phenoxy) is 2. The van der Waals surface area contributed by atoms with Crippen molar-refractivity contribution in [2.45, 2.75) is 31.5 Å². The van der Waals surface area contributed by atoms with Gasteiger partial charge >= 0.3 is 0 Å². The molecule has 0 saturated carbocycles. The Balaban J connectivity index is 1.69. The highest BCUT2D eigenvalue weighted by atomic mass is 16.5. The van der Waals surface area contributed by atoms with E-state index in [1.54, 1.807) is 19.2 Å². The first kappa shape index (κ1) is 20.7. The van der Waals surface area contributed by atoms with Gasteiger partial charge in [0.15, 0.2) is 0 Å². The molecule has 2 saturated heterocycles. The molecule has 160 valence electrons. The first-order chi connectivity index (χ1) is 14.7. The Labute approximate surface area is 177 Å². The van der Waals surface area contributed by atoms with E-state index in [4.69, 9.17) is 9.47 Å². The summed E-state index contributed by atoms with van der Waals surface area (Å²) in [7, 11) is 1.64. The number of nitrogens with zero attached hydrogens (tertiary/aromatic N) is 1. The van der Waals surface area contributed by atoms with Crippen molar-refractivity contribution < 1.29 is 19.4 Å². The summed E-state index contributed by atoms with van der Waals surface area (Å²) in [5, 5.41) is 10.4. The normalized spacial score (nSPS) is 25.5. The summed E-state index contributed by atoms with van der Waals surface area (Å²) in [5.74, 6) is 1.01. The van der Waals surface area contributed by atoms with Crippen molar-refractivity contribution in [3.05, 3.63) is 59.7 Å². The van der Waals surface area contributed by atoms with E-state index in [0.717, 1.165) is 23.3 Å². The average molecular weight is 412 g/mol. The molecule has 4 unspecified atom stereocenters. The number of amides is 1. The molecule has 30 heavy (non-hydrogen) atoms. The van der Waals surface area contributed by atoms with Crippen LogP contribution in [-0.4, -0.2) is 48.8 Å². The van der Waals surface area contributed by atoms with E-state index < -0.39 is 0 Å². The number of methoxy groups -OCH3 is 1. The van der Waals surface area contributed by atoms with E-state index >= 15 is 0 Å². The van der Waals surface area contributed by atoms with Crippen LogP contribution in [0, 0.1) is 5.92 Å². The predicted octanol–water partition coefficient (Wildman–Crippen LogP) is 2.54. The maximum absolute atomic E-state index is 13.2. The third kappa shape index (κ3) is 3.76. The molecule has 3 N–H and O–H groups in total. The largest absolute Gasteiger partial charge is 0.508 e. The second-order valence-corrected chi connectivity index (χ2v) is 7.77. The number of carbonyl (C=O) groups excluding carboxylic acids is 1. The average Bonchev–Trinajstić information content (AvgIpc) is 3.30. The van der Waals surface area contributed by atoms with Crippen molar-refractivity contribution in [3.63, 3.8) is 0 Å². The van der Waals surface area contributed by atoms with Gasteiger partial charge in [0, 0.05) is 25.1 Å². The van der Waals surface area contributed by atoms with Gasteiger partial charge in [-0.3, -0.25) is 4.79 Å². The molecule has 1 amide bonds. The molecule has 7 nitrogen and oxygen atoms in total. The van der Waals surface area contributed by atoms with Crippen molar-refractivity contribution in [3.8, 4) is 11.5 Å². The standard InChI is InChI=1S/C23H29N3O4/c1-3-13-30-16-10-8-15(9-11-16)22-19-20(17-6-4-5-7-18(17)27)24-25-21(19)23(28)26(22)12-14-29-2/h4-11,19-22,24-25,27H,3,12-14H2,1-2H3. The molecule has 0 aromatic heterocycles. The zero-order valence-corrected chi connectivity index (χ0v) is 17.4. The monoisotopic (exact) mass is 411 g/mol. The molecule has 4 atom stereocenters. The van der Waals surface area contributed by atoms with Crippen molar-refractivity contribution in [1.82, 2.24) is 15.8 Å². The quantitative estimate of drug-likeness (QED) is 0.619. The van der Waals surface area contributed by atoms with Crippen LogP contribution in [-0.2, 0) is 9.53 Å². The molecule has 0 aliphatic carbocycles. The van der Waals surface area contributed by atoms with Gasteiger partial charge in [0.05, 0.1) is 25.3 Å². The Hall–Kier alpha value is -2.61. The van der Waals surface area contributed by atoms with Crippen LogP contribution in [0.25, 0.3) is 0 Å². The molecule has 7 heteroatoms. The lowest BCUT2D eigenvalue weighted by Crippen LogP contribution is -2.42. The SMILES string of the molecule is CCCOc1ccc(C2C3C(NNC3c3ccccc3O)C(=O)N2CCOC)cc1. The van der Waals surface area contributed by atoms with E-state index in [1.165, 1.54) is 0 Å². The number of fused-ring (bicyclic) bond motifs is 1. The molecule has 2 heterocycles. The zero-order valence-electron chi connectivity index (χ0n) is 17.4. The summed E-state index contributed by atoms with van der Waals surface area (Å²) in [6.07, 6.45) is 0.951. The van der Waals surface area contributed by atoms with Crippen LogP contribution < -0.4 is 15.6 Å². The summed E-state index contributed by atoms with van der Waals surface area (Å²) in [4.78, 5) is 15.1. The molecular weight excluding hydrogens is 382 g/mol. The molecular formula is C23H29N3O4. The molecule has 2 aromatic carbocycles. The highest BCUT2D eigenvalue weighted by Crippen LogP contribution is 2.48. The van der Waals surface area contributed by atoms with Gasteiger partial charge in [0.25, 0.3) is 0 Å². The van der Waals surface area contributed by atoms with Crippen LogP contribution >= 0.6 is 0 Å². The van der Waals surface area contributed by atoms with Gasteiger partial charge in [-0.05, 0) is 30.2 Å². The molecule has 0 radical (unpaired) electrons. The van der Waals surface area contributed by atoms with Crippen molar-refractivity contribution in [1.29, 1.82) is 0 Å². The van der Waals surface area contributed by atoms with Crippen LogP contribution in [0.4, 0.5) is 0 Å². The number of phenolic OH excluding ortho intramolecular Hbond substituents is 1. The number of benzene rings is 2. The highest BCUT2D eigenvalue weighted by molar-refractivity contribution is 5.86. The minimum Gasteiger partial charge on any atom is -0.508 e. The summed E-state index contributed by atoms with van der Waals surface area (Å²) >= 11 is 0. The number of para-hydroxylation sites is 1. The number of carbonyl (C=O) groups is 1. The second kappa shape index (κ2) is 9.04. The van der Waals surface area contributed by atoms with E-state index in [9.17, 15) is 9.90 Å². The Morgan fingerprint density at radius 3 is 2.47 bits per heavy atom. The highest BCUT2D eigenvalue weighted by Gasteiger charge is 2.55. The number of hydrogen-bond acceptors (Lipinski definition) is 6. The number of nitrogens with one attached hydrogen (secondary N) is 2. The van der Waals surface area contributed by atoms with E-state index in [0.29, 0.717) is 19.8 Å². The Kier molecular flexibility index (Phi) is 6.22. The smallest absolute Gasteiger partial charge is 0.242 e. The molecule has 2 aliphatic rings. The van der Waals surface area contributed by atoms with Crippen LogP contribution in [0.5, 0.6) is 11.5 Å². The van der Waals surface area contributed by atoms with Gasteiger partial charge in [-0.1, -0.05) is 37.3 Å². The second-order valence-electron chi connectivity index (χ2n) is 7.77. The van der Waals surface area contributed by atoms with Crippen molar-refractivity contribution in [2.75, 3.05) is 26.9 Å². The van der Waals surface area contributed by atoms with Gasteiger partial charge in [-0.2, -0.15) is 0 Å². The predicted molar refractivity (Wildman–Crippen MR) is 113 cm³/mol. The summed E-state index contributed by atoms with van der Waals surface area (Å²) in [5.41, 5.74) is 8.25. The molecule has 0 spiro atoms. The summed E-state index contributed by atoms with van der Waals surface area (Å²) in [6, 6.07) is 14.6. The van der Waals surface area contributed by atoms with E-state index in [1.807, 2.05) is 41.3 Å². The molecule has 2 fully saturated rings. The van der Waals surface area contributed by atoms with E-state index in [2.05, 4.69) is 17.8 Å². The number of aromatic hydroxyl groups is 1. The van der Waals surface area contributed by atoms with Gasteiger partial charge in [-0.25, -0.2) is 10.9 Å². The first-order valence-electron chi connectivity index (χ1n) is 10.5. The Morgan fingerprint density at radius 1 is 1.03 bits per heavy atom. The molecule has 2 aliphatic heterocycles. The summed E-state index contributed by atoms with van der Waals surface area (Å²) in [6.45, 7) is 3.73. The lowest BCUT2D eigenvalue weighted by atomic mass is 9.83. The lowest BCUT2D eigenvalue weighted by Gasteiger charge is -2.31. The third-order valence-corrected chi connectivity index (χ3v) is 5.92. The lowest BCUT2D eigenvalue weighted by molar-refractivity contribution is -0.131. The van der Waals surface area contributed by atoms with Crippen molar-refractivity contribution in [2.24, 2.45) is 5.92 Å². The van der Waals surface area contributed by atoms with E-state index in [-0.39, 0.29) is 35.7 Å². The van der Waals surface area contributed by atoms with Crippen molar-refractivity contribution >= 4 is 5.91 Å². The number of hydrogen-bond donors (Lipinski definition) is 3. The van der Waals surface area contributed by atoms with Crippen LogP contribution in [0.15, 0.2) is 48.5 Å². The fourth-order valence-electron chi connectivity index (χ4n) is 4.54. The number of likely N-dealkylation sites (tertiary alicyclic amines) is 1. The van der Waals surface area contributed by atoms with Crippen LogP contribution in [0.3, 0.4) is 0 Å². The summed E-state index contributed by atoms with van der Waals surface area (Å²) < 4.78 is 11.0.